The number of hydrazone groups is 1. The normalized spacial score (nSPS) is 11.0. The summed E-state index contributed by atoms with van der Waals surface area (Å²) in [5.74, 6) is 0.517. The van der Waals surface area contributed by atoms with Gasteiger partial charge in [0, 0.05) is 18.0 Å². The van der Waals surface area contributed by atoms with E-state index >= 15 is 0 Å². The van der Waals surface area contributed by atoms with E-state index in [2.05, 4.69) is 20.6 Å². The average molecular weight is 374 g/mol. The van der Waals surface area contributed by atoms with E-state index in [0.29, 0.717) is 17.1 Å². The van der Waals surface area contributed by atoms with Gasteiger partial charge in [0.05, 0.1) is 18.0 Å². The lowest BCUT2D eigenvalue weighted by Crippen LogP contribution is -1.93. The van der Waals surface area contributed by atoms with Gasteiger partial charge in [-0.05, 0) is 30.3 Å². The van der Waals surface area contributed by atoms with Gasteiger partial charge in [0.15, 0.2) is 5.76 Å². The second-order valence-corrected chi connectivity index (χ2v) is 5.69. The summed E-state index contributed by atoms with van der Waals surface area (Å²) in [5, 5.41) is 19.6. The van der Waals surface area contributed by atoms with Crippen LogP contribution in [0.15, 0.2) is 82.6 Å². The van der Waals surface area contributed by atoms with Crippen molar-refractivity contribution < 1.29 is 9.34 Å². The summed E-state index contributed by atoms with van der Waals surface area (Å²) in [6, 6.07) is 17.7. The lowest BCUT2D eigenvalue weighted by atomic mass is 10.2. The zero-order valence-corrected chi connectivity index (χ0v) is 14.5. The third kappa shape index (κ3) is 3.63. The average Bonchev–Trinajstić information content (AvgIpc) is 3.37. The van der Waals surface area contributed by atoms with Crippen LogP contribution in [-0.4, -0.2) is 25.9 Å². The third-order valence-electron chi connectivity index (χ3n) is 3.82. The SMILES string of the molecule is O=[N+]([O-])c1ccc(-c2nn(-c3ccccc3)cc2/C=N/Nc2ccccn2)o1. The van der Waals surface area contributed by atoms with Crippen LogP contribution in [0, 0.1) is 10.1 Å². The Bertz CT molecular complexity index is 1120. The summed E-state index contributed by atoms with van der Waals surface area (Å²) >= 11 is 0. The summed E-state index contributed by atoms with van der Waals surface area (Å²) < 4.78 is 6.97. The zero-order chi connectivity index (χ0) is 19.3. The number of nitro groups is 1. The van der Waals surface area contributed by atoms with Crippen LogP contribution in [0.5, 0.6) is 0 Å². The van der Waals surface area contributed by atoms with Crippen LogP contribution < -0.4 is 5.43 Å². The monoisotopic (exact) mass is 374 g/mol. The minimum atomic E-state index is -0.589. The molecule has 0 fully saturated rings. The number of hydrogen-bond donors (Lipinski definition) is 1. The highest BCUT2D eigenvalue weighted by atomic mass is 16.6. The van der Waals surface area contributed by atoms with E-state index in [1.165, 1.54) is 12.1 Å². The van der Waals surface area contributed by atoms with Gasteiger partial charge < -0.3 is 4.42 Å². The number of rotatable bonds is 6. The van der Waals surface area contributed by atoms with Crippen molar-refractivity contribution in [2.45, 2.75) is 0 Å². The molecule has 28 heavy (non-hydrogen) atoms. The molecule has 0 amide bonds. The van der Waals surface area contributed by atoms with Gasteiger partial charge in [-0.1, -0.05) is 24.3 Å². The highest BCUT2D eigenvalue weighted by molar-refractivity contribution is 5.88. The van der Waals surface area contributed by atoms with Crippen molar-refractivity contribution in [3.05, 3.63) is 88.7 Å². The Hall–Kier alpha value is -4.27. The molecule has 4 aromatic rings. The Balaban J connectivity index is 1.70. The van der Waals surface area contributed by atoms with Gasteiger partial charge in [0.1, 0.15) is 16.4 Å². The molecule has 1 aromatic carbocycles. The van der Waals surface area contributed by atoms with E-state index in [0.717, 1.165) is 5.69 Å². The van der Waals surface area contributed by atoms with Crippen LogP contribution >= 0.6 is 0 Å². The highest BCUT2D eigenvalue weighted by Crippen LogP contribution is 2.27. The van der Waals surface area contributed by atoms with Crippen LogP contribution in [0.1, 0.15) is 5.56 Å². The lowest BCUT2D eigenvalue weighted by Gasteiger charge is -1.98. The summed E-state index contributed by atoms with van der Waals surface area (Å²) in [4.78, 5) is 14.5. The number of furan rings is 1. The second kappa shape index (κ2) is 7.54. The third-order valence-corrected chi connectivity index (χ3v) is 3.82. The molecular weight excluding hydrogens is 360 g/mol. The van der Waals surface area contributed by atoms with E-state index in [1.54, 1.807) is 35.4 Å². The molecule has 0 bridgehead atoms. The van der Waals surface area contributed by atoms with Crippen LogP contribution in [0.4, 0.5) is 11.7 Å². The van der Waals surface area contributed by atoms with Crippen molar-refractivity contribution in [3.8, 4) is 17.1 Å². The quantitative estimate of drug-likeness (QED) is 0.311. The number of nitrogens with zero attached hydrogens (tertiary/aromatic N) is 5. The maximum Gasteiger partial charge on any atom is 0.433 e. The summed E-state index contributed by atoms with van der Waals surface area (Å²) in [6.07, 6.45) is 4.98. The molecule has 0 saturated carbocycles. The minimum absolute atomic E-state index is 0.278. The van der Waals surface area contributed by atoms with Crippen molar-refractivity contribution in [2.75, 3.05) is 5.43 Å². The molecule has 9 nitrogen and oxygen atoms in total. The first-order valence-electron chi connectivity index (χ1n) is 8.30. The summed E-state index contributed by atoms with van der Waals surface area (Å²) in [5.41, 5.74) is 4.72. The maximum atomic E-state index is 10.9. The molecule has 0 radical (unpaired) electrons. The lowest BCUT2D eigenvalue weighted by molar-refractivity contribution is -0.401. The topological polar surface area (TPSA) is 111 Å². The Morgan fingerprint density at radius 2 is 1.93 bits per heavy atom. The van der Waals surface area contributed by atoms with Crippen molar-refractivity contribution in [1.82, 2.24) is 14.8 Å². The molecule has 3 aromatic heterocycles. The van der Waals surface area contributed by atoms with Crippen LogP contribution in [0.3, 0.4) is 0 Å². The molecule has 0 aliphatic heterocycles. The number of anilines is 1. The number of benzene rings is 1. The maximum absolute atomic E-state index is 10.9. The molecular formula is C19H14N6O3. The molecule has 1 N–H and O–H groups in total. The zero-order valence-electron chi connectivity index (χ0n) is 14.5. The van der Waals surface area contributed by atoms with Crippen molar-refractivity contribution >= 4 is 17.9 Å². The fourth-order valence-corrected chi connectivity index (χ4v) is 2.54. The summed E-state index contributed by atoms with van der Waals surface area (Å²) in [6.45, 7) is 0. The molecule has 0 unspecified atom stereocenters. The predicted octanol–water partition coefficient (Wildman–Crippen LogP) is 3.88. The Kier molecular flexibility index (Phi) is 4.62. The van der Waals surface area contributed by atoms with Crippen LogP contribution in [-0.2, 0) is 0 Å². The van der Waals surface area contributed by atoms with Crippen molar-refractivity contribution in [1.29, 1.82) is 0 Å². The first-order valence-corrected chi connectivity index (χ1v) is 8.30. The number of pyridine rings is 1. The molecule has 0 saturated heterocycles. The fraction of sp³-hybridized carbons (Fsp3) is 0. The van der Waals surface area contributed by atoms with E-state index in [4.69, 9.17) is 4.42 Å². The Labute approximate surface area is 159 Å². The molecule has 3 heterocycles. The standard InChI is InChI=1S/C19H14N6O3/c26-25(27)18-10-9-16(28-18)19-14(12-21-22-17-8-4-5-11-20-17)13-24(23-19)15-6-2-1-3-7-15/h1-13H,(H,20,22)/b21-12+. The van der Waals surface area contributed by atoms with E-state index in [1.807, 2.05) is 36.4 Å². The van der Waals surface area contributed by atoms with Gasteiger partial charge in [-0.2, -0.15) is 10.2 Å². The first-order chi connectivity index (χ1) is 13.7. The van der Waals surface area contributed by atoms with E-state index in [9.17, 15) is 10.1 Å². The van der Waals surface area contributed by atoms with Crippen molar-refractivity contribution in [3.63, 3.8) is 0 Å². The van der Waals surface area contributed by atoms with Crippen LogP contribution in [0.25, 0.3) is 17.1 Å². The summed E-state index contributed by atoms with van der Waals surface area (Å²) in [7, 11) is 0. The smallest absolute Gasteiger partial charge is 0.399 e. The molecule has 0 atom stereocenters. The van der Waals surface area contributed by atoms with Gasteiger partial charge in [-0.15, -0.1) is 0 Å². The minimum Gasteiger partial charge on any atom is -0.399 e. The number of aromatic nitrogens is 3. The predicted molar refractivity (Wildman–Crippen MR) is 103 cm³/mol. The first kappa shape index (κ1) is 17.2. The highest BCUT2D eigenvalue weighted by Gasteiger charge is 2.18. The van der Waals surface area contributed by atoms with Gasteiger partial charge in [-0.25, -0.2) is 9.67 Å². The number of hydrogen-bond acceptors (Lipinski definition) is 7. The molecule has 4 rings (SSSR count). The number of para-hydroxylation sites is 1. The van der Waals surface area contributed by atoms with Gasteiger partial charge >= 0.3 is 5.88 Å². The van der Waals surface area contributed by atoms with Gasteiger partial charge in [0.2, 0.25) is 0 Å². The molecule has 9 heteroatoms. The molecule has 0 spiro atoms. The largest absolute Gasteiger partial charge is 0.433 e. The Morgan fingerprint density at radius 1 is 1.11 bits per heavy atom. The van der Waals surface area contributed by atoms with Gasteiger partial charge in [0.25, 0.3) is 0 Å². The number of nitrogens with one attached hydrogen (secondary N) is 1. The molecule has 0 aliphatic rings. The van der Waals surface area contributed by atoms with Gasteiger partial charge in [-0.3, -0.25) is 15.5 Å². The van der Waals surface area contributed by atoms with E-state index < -0.39 is 4.92 Å². The fourth-order valence-electron chi connectivity index (χ4n) is 2.54. The van der Waals surface area contributed by atoms with E-state index in [-0.39, 0.29) is 11.6 Å². The molecule has 138 valence electrons. The second-order valence-electron chi connectivity index (χ2n) is 5.69. The Morgan fingerprint density at radius 3 is 2.64 bits per heavy atom. The molecule has 0 aliphatic carbocycles. The van der Waals surface area contributed by atoms with Crippen molar-refractivity contribution in [2.24, 2.45) is 5.10 Å². The van der Waals surface area contributed by atoms with Crippen LogP contribution in [0.2, 0.25) is 0 Å².